The molecule has 0 saturated carbocycles. The van der Waals surface area contributed by atoms with Gasteiger partial charge in [-0.3, -0.25) is 9.69 Å². The van der Waals surface area contributed by atoms with E-state index >= 15 is 0 Å². The standard InChI is InChI=1S/C19H21BrN4O/c1-11(2)18-22-15-6-7-24(10-13(15)19(25)23-18)9-12-8-21-16-5-3-4-14(20)17(12)16/h3-5,8,11,21H,6-7,9-10H2,1-2H3,(H,22,23,25). The molecule has 130 valence electrons. The normalized spacial score (nSPS) is 15.0. The summed E-state index contributed by atoms with van der Waals surface area (Å²) < 4.78 is 1.10. The highest BCUT2D eigenvalue weighted by atomic mass is 79.9. The molecular weight excluding hydrogens is 380 g/mol. The van der Waals surface area contributed by atoms with Crippen LogP contribution < -0.4 is 5.56 Å². The summed E-state index contributed by atoms with van der Waals surface area (Å²) in [6.45, 7) is 6.47. The molecule has 0 aliphatic carbocycles. The van der Waals surface area contributed by atoms with Crippen molar-refractivity contribution < 1.29 is 0 Å². The fraction of sp³-hybridized carbons (Fsp3) is 0.368. The first-order chi connectivity index (χ1) is 12.0. The van der Waals surface area contributed by atoms with E-state index in [0.717, 1.165) is 46.6 Å². The first-order valence-corrected chi connectivity index (χ1v) is 9.41. The van der Waals surface area contributed by atoms with Crippen LogP contribution in [-0.4, -0.2) is 26.4 Å². The van der Waals surface area contributed by atoms with Crippen LogP contribution in [0.3, 0.4) is 0 Å². The molecule has 0 amide bonds. The van der Waals surface area contributed by atoms with Gasteiger partial charge in [0, 0.05) is 53.5 Å². The van der Waals surface area contributed by atoms with Gasteiger partial charge in [0.25, 0.3) is 5.56 Å². The summed E-state index contributed by atoms with van der Waals surface area (Å²) in [4.78, 5) is 25.7. The first kappa shape index (κ1) is 16.5. The van der Waals surface area contributed by atoms with E-state index in [1.54, 1.807) is 0 Å². The van der Waals surface area contributed by atoms with Gasteiger partial charge in [-0.05, 0) is 17.7 Å². The second-order valence-corrected chi connectivity index (χ2v) is 7.82. The molecule has 4 rings (SSSR count). The second kappa shape index (κ2) is 6.42. The number of aromatic amines is 2. The van der Waals surface area contributed by atoms with Gasteiger partial charge in [0.05, 0.1) is 11.3 Å². The van der Waals surface area contributed by atoms with Gasteiger partial charge < -0.3 is 9.97 Å². The van der Waals surface area contributed by atoms with Crippen molar-refractivity contribution in [2.24, 2.45) is 0 Å². The molecule has 0 radical (unpaired) electrons. The Labute approximate surface area is 154 Å². The van der Waals surface area contributed by atoms with Gasteiger partial charge >= 0.3 is 0 Å². The number of hydrogen-bond donors (Lipinski definition) is 2. The Hall–Kier alpha value is -1.92. The van der Waals surface area contributed by atoms with Gasteiger partial charge in [0.2, 0.25) is 0 Å². The zero-order valence-corrected chi connectivity index (χ0v) is 16.0. The number of hydrogen-bond acceptors (Lipinski definition) is 3. The Bertz CT molecular complexity index is 989. The molecule has 6 heteroatoms. The number of rotatable bonds is 3. The third kappa shape index (κ3) is 3.04. The van der Waals surface area contributed by atoms with Gasteiger partial charge in [-0.25, -0.2) is 4.98 Å². The zero-order chi connectivity index (χ0) is 17.6. The van der Waals surface area contributed by atoms with Crippen molar-refractivity contribution in [1.82, 2.24) is 19.9 Å². The lowest BCUT2D eigenvalue weighted by atomic mass is 10.0. The van der Waals surface area contributed by atoms with Crippen LogP contribution in [-0.2, 0) is 19.5 Å². The molecule has 2 N–H and O–H groups in total. The minimum Gasteiger partial charge on any atom is -0.361 e. The van der Waals surface area contributed by atoms with Crippen molar-refractivity contribution in [3.63, 3.8) is 0 Å². The van der Waals surface area contributed by atoms with Gasteiger partial charge in [-0.2, -0.15) is 0 Å². The number of fused-ring (bicyclic) bond motifs is 2. The van der Waals surface area contributed by atoms with Crippen molar-refractivity contribution in [3.8, 4) is 0 Å². The highest BCUT2D eigenvalue weighted by Gasteiger charge is 2.22. The second-order valence-electron chi connectivity index (χ2n) is 6.97. The number of halogens is 1. The number of nitrogens with one attached hydrogen (secondary N) is 2. The summed E-state index contributed by atoms with van der Waals surface area (Å²) in [6, 6.07) is 6.17. The minimum atomic E-state index is 0.0125. The van der Waals surface area contributed by atoms with Gasteiger partial charge in [-0.1, -0.05) is 35.8 Å². The molecule has 3 heterocycles. The zero-order valence-electron chi connectivity index (χ0n) is 14.4. The summed E-state index contributed by atoms with van der Waals surface area (Å²) in [6.07, 6.45) is 2.89. The summed E-state index contributed by atoms with van der Waals surface area (Å²) in [7, 11) is 0. The highest BCUT2D eigenvalue weighted by Crippen LogP contribution is 2.28. The van der Waals surface area contributed by atoms with Gasteiger partial charge in [0.15, 0.2) is 0 Å². The number of benzene rings is 1. The maximum atomic E-state index is 12.5. The van der Waals surface area contributed by atoms with E-state index in [1.165, 1.54) is 10.9 Å². The van der Waals surface area contributed by atoms with Crippen molar-refractivity contribution in [2.75, 3.05) is 6.54 Å². The molecule has 1 aliphatic heterocycles. The van der Waals surface area contributed by atoms with Crippen LogP contribution in [0.25, 0.3) is 10.9 Å². The third-order valence-electron chi connectivity index (χ3n) is 4.84. The van der Waals surface area contributed by atoms with Crippen LogP contribution in [0, 0.1) is 0 Å². The van der Waals surface area contributed by atoms with Crippen LogP contribution >= 0.6 is 15.9 Å². The van der Waals surface area contributed by atoms with E-state index in [1.807, 2.05) is 6.07 Å². The van der Waals surface area contributed by atoms with E-state index in [0.29, 0.717) is 6.54 Å². The summed E-state index contributed by atoms with van der Waals surface area (Å²) in [5, 5.41) is 1.22. The van der Waals surface area contributed by atoms with Crippen LogP contribution in [0.2, 0.25) is 0 Å². The predicted octanol–water partition coefficient (Wildman–Crippen LogP) is 3.70. The van der Waals surface area contributed by atoms with E-state index in [9.17, 15) is 4.79 Å². The lowest BCUT2D eigenvalue weighted by Gasteiger charge is -2.27. The fourth-order valence-electron chi connectivity index (χ4n) is 3.48. The Balaban J connectivity index is 1.61. The predicted molar refractivity (Wildman–Crippen MR) is 103 cm³/mol. The fourth-order valence-corrected chi connectivity index (χ4v) is 4.10. The molecule has 0 atom stereocenters. The van der Waals surface area contributed by atoms with E-state index in [2.05, 4.69) is 68.0 Å². The van der Waals surface area contributed by atoms with Gasteiger partial charge in [0.1, 0.15) is 5.82 Å². The third-order valence-corrected chi connectivity index (χ3v) is 5.50. The molecule has 0 saturated heterocycles. The van der Waals surface area contributed by atoms with E-state index < -0.39 is 0 Å². The molecule has 0 fully saturated rings. The largest absolute Gasteiger partial charge is 0.361 e. The number of H-pyrrole nitrogens is 2. The van der Waals surface area contributed by atoms with Crippen LogP contribution in [0.15, 0.2) is 33.7 Å². The quantitative estimate of drug-likeness (QED) is 0.704. The molecule has 0 bridgehead atoms. The smallest absolute Gasteiger partial charge is 0.255 e. The summed E-state index contributed by atoms with van der Waals surface area (Å²) >= 11 is 3.65. The van der Waals surface area contributed by atoms with E-state index in [4.69, 9.17) is 0 Å². The average molecular weight is 401 g/mol. The maximum absolute atomic E-state index is 12.5. The van der Waals surface area contributed by atoms with E-state index in [-0.39, 0.29) is 11.5 Å². The molecule has 1 aromatic carbocycles. The Morgan fingerprint density at radius 3 is 3.00 bits per heavy atom. The average Bonchev–Trinajstić information content (AvgIpc) is 2.99. The van der Waals surface area contributed by atoms with Crippen LogP contribution in [0.5, 0.6) is 0 Å². The van der Waals surface area contributed by atoms with Gasteiger partial charge in [-0.15, -0.1) is 0 Å². The molecule has 5 nitrogen and oxygen atoms in total. The lowest BCUT2D eigenvalue weighted by molar-refractivity contribution is 0.242. The highest BCUT2D eigenvalue weighted by molar-refractivity contribution is 9.10. The molecule has 0 spiro atoms. The molecule has 2 aromatic heterocycles. The monoisotopic (exact) mass is 400 g/mol. The van der Waals surface area contributed by atoms with Crippen LogP contribution in [0.1, 0.15) is 42.4 Å². The molecule has 1 aliphatic rings. The minimum absolute atomic E-state index is 0.0125. The molecule has 25 heavy (non-hydrogen) atoms. The number of nitrogens with zero attached hydrogens (tertiary/aromatic N) is 2. The van der Waals surface area contributed by atoms with Crippen molar-refractivity contribution in [2.45, 2.75) is 39.3 Å². The molecular formula is C19H21BrN4O. The van der Waals surface area contributed by atoms with Crippen molar-refractivity contribution in [3.05, 3.63) is 61.9 Å². The van der Waals surface area contributed by atoms with Crippen molar-refractivity contribution >= 4 is 26.8 Å². The number of aromatic nitrogens is 3. The van der Waals surface area contributed by atoms with Crippen LogP contribution in [0.4, 0.5) is 0 Å². The topological polar surface area (TPSA) is 64.8 Å². The Kier molecular flexibility index (Phi) is 4.25. The summed E-state index contributed by atoms with van der Waals surface area (Å²) in [5.41, 5.74) is 4.16. The van der Waals surface area contributed by atoms with Crippen molar-refractivity contribution in [1.29, 1.82) is 0 Å². The Morgan fingerprint density at radius 1 is 1.36 bits per heavy atom. The SMILES string of the molecule is CC(C)c1nc2c(c(=O)[nH]1)CN(Cc1c[nH]c3cccc(Br)c13)CC2. The first-order valence-electron chi connectivity index (χ1n) is 8.61. The summed E-state index contributed by atoms with van der Waals surface area (Å²) in [5.74, 6) is 1.03. The maximum Gasteiger partial charge on any atom is 0.255 e. The Morgan fingerprint density at radius 2 is 2.20 bits per heavy atom. The molecule has 0 unspecified atom stereocenters. The molecule has 3 aromatic rings. The lowest BCUT2D eigenvalue weighted by Crippen LogP contribution is -2.35.